The van der Waals surface area contributed by atoms with E-state index in [0.717, 1.165) is 16.7 Å². The predicted octanol–water partition coefficient (Wildman–Crippen LogP) is 4.88. The molecule has 0 N–H and O–H groups in total. The van der Waals surface area contributed by atoms with Gasteiger partial charge in [0.15, 0.2) is 49.6 Å². The highest BCUT2D eigenvalue weighted by Crippen LogP contribution is 2.43. The molecule has 0 spiro atoms. The van der Waals surface area contributed by atoms with Crippen molar-refractivity contribution in [2.75, 3.05) is 19.8 Å². The molecule has 7 aliphatic rings. The second kappa shape index (κ2) is 16.7. The molecule has 10 rings (SSSR count). The molecule has 7 saturated heterocycles. The molecule has 7 aliphatic heterocycles. The maximum Gasteiger partial charge on any atom is 0.509 e. The lowest BCUT2D eigenvalue weighted by Crippen LogP contribution is -2.64. The smallest absolute Gasteiger partial charge is 0.424 e. The molecular weight excluding hydrogens is 772 g/mol. The van der Waals surface area contributed by atoms with Gasteiger partial charge >= 0.3 is 12.3 Å². The van der Waals surface area contributed by atoms with E-state index in [9.17, 15) is 9.59 Å². The van der Waals surface area contributed by atoms with Gasteiger partial charge in [-0.2, -0.15) is 0 Å². The summed E-state index contributed by atoms with van der Waals surface area (Å²) in [4.78, 5) is 25.3. The molecule has 7 fully saturated rings. The zero-order chi connectivity index (χ0) is 40.0. The molecule has 7 heterocycles. The molecule has 3 aromatic carbocycles. The highest BCUT2D eigenvalue weighted by atomic mass is 16.8. The van der Waals surface area contributed by atoms with Crippen molar-refractivity contribution in [3.8, 4) is 0 Å². The zero-order valence-corrected chi connectivity index (χ0v) is 32.3. The summed E-state index contributed by atoms with van der Waals surface area (Å²) >= 11 is 0. The topological polar surface area (TPSA) is 163 Å². The van der Waals surface area contributed by atoms with E-state index in [4.69, 9.17) is 66.3 Å². The normalized spacial score (nSPS) is 41.2. The van der Waals surface area contributed by atoms with Crippen molar-refractivity contribution in [2.45, 2.75) is 119 Å². The number of fused-ring (bicyclic) bond motifs is 6. The number of ether oxygens (including phenoxy) is 14. The summed E-state index contributed by atoms with van der Waals surface area (Å²) in [6.07, 6.45) is -13.6. The van der Waals surface area contributed by atoms with Gasteiger partial charge in [0.25, 0.3) is 0 Å². The molecule has 0 aromatic heterocycles. The molecule has 9 unspecified atom stereocenters. The van der Waals surface area contributed by atoms with Gasteiger partial charge in [0.2, 0.25) is 0 Å². The van der Waals surface area contributed by atoms with E-state index in [1.54, 1.807) is 0 Å². The summed E-state index contributed by atoms with van der Waals surface area (Å²) in [6, 6.07) is 28.7. The van der Waals surface area contributed by atoms with Gasteiger partial charge < -0.3 is 66.3 Å². The molecule has 314 valence electrons. The second-order valence-electron chi connectivity index (χ2n) is 15.7. The van der Waals surface area contributed by atoms with Crippen molar-refractivity contribution in [1.29, 1.82) is 0 Å². The molecule has 0 saturated carbocycles. The molecule has 59 heavy (non-hydrogen) atoms. The number of rotatable bonds is 10. The molecule has 16 nitrogen and oxygen atoms in total. The van der Waals surface area contributed by atoms with Crippen LogP contribution >= 0.6 is 0 Å². The Morgan fingerprint density at radius 1 is 0.542 bits per heavy atom. The van der Waals surface area contributed by atoms with E-state index >= 15 is 0 Å². The number of benzene rings is 3. The molecule has 3 aromatic rings. The molecule has 0 bridgehead atoms. The molecule has 0 amide bonds. The van der Waals surface area contributed by atoms with E-state index in [0.29, 0.717) is 0 Å². The largest absolute Gasteiger partial charge is 0.509 e. The number of hydrogen-bond donors (Lipinski definition) is 0. The van der Waals surface area contributed by atoms with E-state index in [-0.39, 0.29) is 38.4 Å². The third-order valence-electron chi connectivity index (χ3n) is 12.0. The van der Waals surface area contributed by atoms with Crippen LogP contribution in [0.2, 0.25) is 0 Å². The summed E-state index contributed by atoms with van der Waals surface area (Å²) in [5.74, 6) is -0.236. The Labute approximate surface area is 340 Å². The lowest BCUT2D eigenvalue weighted by Gasteiger charge is -2.49. The molecular formula is C43H46O16. The first-order valence-electron chi connectivity index (χ1n) is 20.1. The maximum absolute atomic E-state index is 12.7. The fourth-order valence-corrected chi connectivity index (χ4v) is 8.82. The first-order valence-corrected chi connectivity index (χ1v) is 20.1. The van der Waals surface area contributed by atoms with Crippen LogP contribution in [-0.2, 0) is 72.9 Å². The van der Waals surface area contributed by atoms with Gasteiger partial charge in [0, 0.05) is 17.0 Å². The number of hydrogen-bond acceptors (Lipinski definition) is 16. The molecule has 17 atom stereocenters. The highest BCUT2D eigenvalue weighted by molar-refractivity contribution is 5.63. The van der Waals surface area contributed by atoms with Crippen LogP contribution in [0.4, 0.5) is 9.59 Å². The Morgan fingerprint density at radius 3 is 1.63 bits per heavy atom. The first-order chi connectivity index (χ1) is 28.9. The van der Waals surface area contributed by atoms with Gasteiger partial charge in [0.05, 0.1) is 38.6 Å². The van der Waals surface area contributed by atoms with Crippen LogP contribution in [0, 0.1) is 5.92 Å². The Balaban J connectivity index is 0.868. The van der Waals surface area contributed by atoms with Crippen LogP contribution < -0.4 is 0 Å². The second-order valence-corrected chi connectivity index (χ2v) is 15.7. The third kappa shape index (κ3) is 7.83. The third-order valence-corrected chi connectivity index (χ3v) is 12.0. The average molecular weight is 819 g/mol. The lowest BCUT2D eigenvalue weighted by atomic mass is 9.88. The highest BCUT2D eigenvalue weighted by Gasteiger charge is 2.60. The minimum Gasteiger partial charge on any atom is -0.424 e. The Kier molecular flexibility index (Phi) is 11.0. The summed E-state index contributed by atoms with van der Waals surface area (Å²) in [5.41, 5.74) is 2.58. The van der Waals surface area contributed by atoms with Crippen LogP contribution in [0.5, 0.6) is 0 Å². The van der Waals surface area contributed by atoms with Gasteiger partial charge in [-0.1, -0.05) is 97.9 Å². The van der Waals surface area contributed by atoms with Gasteiger partial charge in [-0.25, -0.2) is 9.59 Å². The van der Waals surface area contributed by atoms with Crippen LogP contribution in [-0.4, -0.2) is 118 Å². The van der Waals surface area contributed by atoms with E-state index < -0.39 is 105 Å². The van der Waals surface area contributed by atoms with Gasteiger partial charge in [-0.3, -0.25) is 0 Å². The van der Waals surface area contributed by atoms with E-state index in [2.05, 4.69) is 0 Å². The van der Waals surface area contributed by atoms with Crippen molar-refractivity contribution in [3.05, 3.63) is 108 Å². The van der Waals surface area contributed by atoms with Crippen LogP contribution in [0.1, 0.15) is 43.1 Å². The SMILES string of the molecule is CC1[C@@H](O[C@@H]2OC3COC(c4ccccc4)O[C@@H]3[C@@H]3OC(=O)OC23)C(OCc2ccccc2)C(CO[C@@H]2OC3COC(c4ccccc4)O[C@@H]3[C@@H]3OC(=O)OC23)O[C@H]1C. The molecule has 0 radical (unpaired) electrons. The monoisotopic (exact) mass is 818 g/mol. The Morgan fingerprint density at radius 2 is 1.05 bits per heavy atom. The van der Waals surface area contributed by atoms with Crippen molar-refractivity contribution >= 4 is 12.3 Å². The van der Waals surface area contributed by atoms with Crippen molar-refractivity contribution in [2.24, 2.45) is 5.92 Å². The summed E-state index contributed by atoms with van der Waals surface area (Å²) in [7, 11) is 0. The van der Waals surface area contributed by atoms with Crippen molar-refractivity contribution in [3.63, 3.8) is 0 Å². The minimum atomic E-state index is -1.06. The van der Waals surface area contributed by atoms with Crippen molar-refractivity contribution in [1.82, 2.24) is 0 Å². The van der Waals surface area contributed by atoms with Crippen molar-refractivity contribution < 1.29 is 75.9 Å². The summed E-state index contributed by atoms with van der Waals surface area (Å²) < 4.78 is 86.8. The zero-order valence-electron chi connectivity index (χ0n) is 32.3. The van der Waals surface area contributed by atoms with E-state index in [1.165, 1.54) is 0 Å². The quantitative estimate of drug-likeness (QED) is 0.254. The average Bonchev–Trinajstić information content (AvgIpc) is 3.87. The summed E-state index contributed by atoms with van der Waals surface area (Å²) in [6.45, 7) is 4.46. The fourth-order valence-electron chi connectivity index (χ4n) is 8.82. The number of carbonyl (C=O) groups excluding carboxylic acids is 2. The van der Waals surface area contributed by atoms with Gasteiger partial charge in [-0.05, 0) is 12.5 Å². The van der Waals surface area contributed by atoms with Crippen LogP contribution in [0.15, 0.2) is 91.0 Å². The Hall–Kier alpha value is -4.20. The number of carbonyl (C=O) groups is 2. The van der Waals surface area contributed by atoms with Crippen LogP contribution in [0.3, 0.4) is 0 Å². The fraction of sp³-hybridized carbons (Fsp3) is 0.535. The van der Waals surface area contributed by atoms with E-state index in [1.807, 2.05) is 105 Å². The predicted molar refractivity (Wildman–Crippen MR) is 197 cm³/mol. The maximum atomic E-state index is 12.7. The lowest BCUT2D eigenvalue weighted by molar-refractivity contribution is -0.368. The van der Waals surface area contributed by atoms with Gasteiger partial charge in [0.1, 0.15) is 36.6 Å². The Bertz CT molecular complexity index is 1910. The van der Waals surface area contributed by atoms with Crippen LogP contribution in [0.25, 0.3) is 0 Å². The minimum absolute atomic E-state index is 0.0452. The summed E-state index contributed by atoms with van der Waals surface area (Å²) in [5, 5.41) is 0. The first kappa shape index (κ1) is 39.0. The van der Waals surface area contributed by atoms with Gasteiger partial charge in [-0.15, -0.1) is 0 Å². The molecule has 16 heteroatoms. The molecule has 0 aliphatic carbocycles. The standard InChI is InChI=1S/C43H46O16/c1-22-23(2)50-27(19-49-40-36-34(56-42(44)58-36)32-28(51-40)20-47-38(54-32)25-14-8-4-9-15-25)31(46-18-24-12-6-3-7-13-24)30(22)53-41-37-35(57-43(45)59-37)33-29(52-41)21-48-39(55-33)26-16-10-5-11-17-26/h3-17,22-23,27-41H,18-21H2,1-2H3/t22?,23-,27?,28?,29?,30+,31?,32-,33-,34-,35-,36?,37?,38?,39?,40+,41-/m0/s1.